The van der Waals surface area contributed by atoms with E-state index in [0.717, 1.165) is 4.88 Å². The number of benzene rings is 1. The number of hydrogen-bond acceptors (Lipinski definition) is 5. The van der Waals surface area contributed by atoms with E-state index in [1.165, 1.54) is 6.07 Å². The Labute approximate surface area is 139 Å². The summed E-state index contributed by atoms with van der Waals surface area (Å²) in [7, 11) is 0. The van der Waals surface area contributed by atoms with Crippen LogP contribution in [0.5, 0.6) is 0 Å². The molecule has 1 aromatic carbocycles. The fourth-order valence-electron chi connectivity index (χ4n) is 2.27. The summed E-state index contributed by atoms with van der Waals surface area (Å²) >= 11 is 1.55. The van der Waals surface area contributed by atoms with Crippen molar-refractivity contribution < 1.29 is 10.0 Å². The molecule has 6 heteroatoms. The van der Waals surface area contributed by atoms with Crippen LogP contribution in [0.25, 0.3) is 6.08 Å². The van der Waals surface area contributed by atoms with Crippen LogP contribution < -0.4 is 5.32 Å². The normalized spacial score (nSPS) is 14.0. The molecule has 2 unspecified atom stereocenters. The second-order valence-electron chi connectivity index (χ2n) is 5.29. The summed E-state index contributed by atoms with van der Waals surface area (Å²) in [5.74, 6) is 0. The van der Waals surface area contributed by atoms with Gasteiger partial charge in [-0.2, -0.15) is 0 Å². The maximum Gasteiger partial charge on any atom is 0.276 e. The average molecular weight is 332 g/mol. The number of hydrogen-bond donors (Lipinski definition) is 2. The molecule has 2 rings (SSSR count). The molecule has 2 aromatic rings. The molecule has 122 valence electrons. The average Bonchev–Trinajstić information content (AvgIpc) is 3.06. The zero-order valence-electron chi connectivity index (χ0n) is 12.9. The largest absolute Gasteiger partial charge is 0.388 e. The highest BCUT2D eigenvalue weighted by Crippen LogP contribution is 2.23. The zero-order chi connectivity index (χ0) is 16.7. The summed E-state index contributed by atoms with van der Waals surface area (Å²) in [6.07, 6.45) is 3.76. The Balaban J connectivity index is 1.81. The lowest BCUT2D eigenvalue weighted by molar-refractivity contribution is -0.385. The predicted octanol–water partition coefficient (Wildman–Crippen LogP) is 3.77. The number of aliphatic hydroxyl groups excluding tert-OH is 1. The minimum absolute atomic E-state index is 0.102. The van der Waals surface area contributed by atoms with Gasteiger partial charge in [0.1, 0.15) is 0 Å². The van der Waals surface area contributed by atoms with E-state index in [0.29, 0.717) is 18.5 Å². The van der Waals surface area contributed by atoms with Crippen molar-refractivity contribution in [1.82, 2.24) is 5.32 Å². The van der Waals surface area contributed by atoms with E-state index in [-0.39, 0.29) is 16.7 Å². The third-order valence-electron chi connectivity index (χ3n) is 3.46. The number of aliphatic hydroxyl groups is 1. The van der Waals surface area contributed by atoms with Gasteiger partial charge in [-0.15, -0.1) is 11.3 Å². The monoisotopic (exact) mass is 332 g/mol. The molecule has 1 heterocycles. The first-order valence-electron chi connectivity index (χ1n) is 7.42. The number of nitro groups is 1. The Hall–Kier alpha value is -2.02. The zero-order valence-corrected chi connectivity index (χ0v) is 13.7. The van der Waals surface area contributed by atoms with Gasteiger partial charge in [0.25, 0.3) is 5.69 Å². The molecule has 0 aliphatic rings. The number of rotatable bonds is 8. The Morgan fingerprint density at radius 2 is 2.13 bits per heavy atom. The van der Waals surface area contributed by atoms with Crippen molar-refractivity contribution in [2.75, 3.05) is 6.54 Å². The molecule has 5 nitrogen and oxygen atoms in total. The maximum absolute atomic E-state index is 10.9. The minimum Gasteiger partial charge on any atom is -0.388 e. The molecule has 2 atom stereocenters. The molecule has 0 aliphatic carbocycles. The quantitative estimate of drug-likeness (QED) is 0.570. The first-order chi connectivity index (χ1) is 11.1. The highest BCUT2D eigenvalue weighted by molar-refractivity contribution is 7.10. The van der Waals surface area contributed by atoms with E-state index < -0.39 is 6.10 Å². The van der Waals surface area contributed by atoms with E-state index in [2.05, 4.69) is 5.32 Å². The van der Waals surface area contributed by atoms with Crippen molar-refractivity contribution in [2.45, 2.75) is 25.5 Å². The fraction of sp³-hybridized carbons (Fsp3) is 0.294. The molecule has 0 aliphatic heterocycles. The molecule has 23 heavy (non-hydrogen) atoms. The van der Waals surface area contributed by atoms with Gasteiger partial charge < -0.3 is 10.4 Å². The molecule has 2 N–H and O–H groups in total. The Morgan fingerprint density at radius 3 is 2.83 bits per heavy atom. The van der Waals surface area contributed by atoms with Crippen molar-refractivity contribution in [1.29, 1.82) is 0 Å². The van der Waals surface area contributed by atoms with Gasteiger partial charge in [-0.25, -0.2) is 0 Å². The molecule has 0 radical (unpaired) electrons. The lowest BCUT2D eigenvalue weighted by atomic mass is 10.1. The molecule has 0 spiro atoms. The second kappa shape index (κ2) is 8.57. The summed E-state index contributed by atoms with van der Waals surface area (Å²) in [5.41, 5.74) is 0.690. The summed E-state index contributed by atoms with van der Waals surface area (Å²) < 4.78 is 0. The Kier molecular flexibility index (Phi) is 6.46. The topological polar surface area (TPSA) is 75.4 Å². The van der Waals surface area contributed by atoms with Crippen molar-refractivity contribution in [2.24, 2.45) is 0 Å². The minimum atomic E-state index is -0.461. The molecule has 0 saturated heterocycles. The predicted molar refractivity (Wildman–Crippen MR) is 93.5 cm³/mol. The number of nitrogens with one attached hydrogen (secondary N) is 1. The lowest BCUT2D eigenvalue weighted by Gasteiger charge is -2.16. The molecule has 0 amide bonds. The summed E-state index contributed by atoms with van der Waals surface area (Å²) in [6, 6.07) is 10.6. The van der Waals surface area contributed by atoms with Crippen LogP contribution in [0.2, 0.25) is 0 Å². The van der Waals surface area contributed by atoms with Gasteiger partial charge >= 0.3 is 0 Å². The SMILES string of the molecule is CC(CC(O)c1cccs1)NC/C=C/c1ccccc1[N+](=O)[O-]. The molecule has 0 fully saturated rings. The third-order valence-corrected chi connectivity index (χ3v) is 4.44. The van der Waals surface area contributed by atoms with Gasteiger partial charge in [0.2, 0.25) is 0 Å². The van der Waals surface area contributed by atoms with Crippen LogP contribution in [-0.4, -0.2) is 22.6 Å². The van der Waals surface area contributed by atoms with E-state index in [4.69, 9.17) is 0 Å². The Bertz CT molecular complexity index is 656. The molecule has 1 aromatic heterocycles. The van der Waals surface area contributed by atoms with E-state index in [1.807, 2.05) is 30.5 Å². The summed E-state index contributed by atoms with van der Waals surface area (Å²) in [4.78, 5) is 11.5. The number of nitro benzene ring substituents is 1. The van der Waals surface area contributed by atoms with Gasteiger partial charge in [-0.1, -0.05) is 30.4 Å². The second-order valence-corrected chi connectivity index (χ2v) is 6.27. The highest BCUT2D eigenvalue weighted by Gasteiger charge is 2.12. The third kappa shape index (κ3) is 5.28. The van der Waals surface area contributed by atoms with Crippen molar-refractivity contribution in [3.63, 3.8) is 0 Å². The van der Waals surface area contributed by atoms with Gasteiger partial charge in [0, 0.05) is 23.5 Å². The van der Waals surface area contributed by atoms with Crippen molar-refractivity contribution >= 4 is 23.1 Å². The first-order valence-corrected chi connectivity index (χ1v) is 8.30. The van der Waals surface area contributed by atoms with Gasteiger partial charge in [0.05, 0.1) is 16.6 Å². The van der Waals surface area contributed by atoms with E-state index in [9.17, 15) is 15.2 Å². The number of nitrogens with zero attached hydrogens (tertiary/aromatic N) is 1. The van der Waals surface area contributed by atoms with Crippen LogP contribution in [0.15, 0.2) is 47.9 Å². The maximum atomic E-state index is 10.9. The molecule has 0 bridgehead atoms. The Morgan fingerprint density at radius 1 is 1.35 bits per heavy atom. The van der Waals surface area contributed by atoms with Crippen molar-refractivity contribution in [3.8, 4) is 0 Å². The molecule has 0 saturated carbocycles. The van der Waals surface area contributed by atoms with Crippen LogP contribution >= 0.6 is 11.3 Å². The summed E-state index contributed by atoms with van der Waals surface area (Å²) in [5, 5.41) is 26.2. The number of para-hydroxylation sites is 1. The van der Waals surface area contributed by atoms with E-state index in [1.54, 1.807) is 35.6 Å². The van der Waals surface area contributed by atoms with Crippen LogP contribution in [-0.2, 0) is 0 Å². The van der Waals surface area contributed by atoms with Gasteiger partial charge in [0.15, 0.2) is 0 Å². The van der Waals surface area contributed by atoms with Gasteiger partial charge in [-0.3, -0.25) is 10.1 Å². The standard InChI is InChI=1S/C17H20N2O3S/c1-13(12-16(20)17-9-5-11-23-17)18-10-4-7-14-6-2-3-8-15(14)19(21)22/h2-9,11,13,16,18,20H,10,12H2,1H3/b7-4+. The lowest BCUT2D eigenvalue weighted by Crippen LogP contribution is -2.27. The molecular weight excluding hydrogens is 312 g/mol. The van der Waals surface area contributed by atoms with E-state index >= 15 is 0 Å². The van der Waals surface area contributed by atoms with Crippen LogP contribution in [0, 0.1) is 10.1 Å². The van der Waals surface area contributed by atoms with Crippen LogP contribution in [0.3, 0.4) is 0 Å². The van der Waals surface area contributed by atoms with Crippen molar-refractivity contribution in [3.05, 3.63) is 68.4 Å². The van der Waals surface area contributed by atoms with Crippen LogP contribution in [0.1, 0.15) is 29.9 Å². The fourth-order valence-corrected chi connectivity index (χ4v) is 2.99. The smallest absolute Gasteiger partial charge is 0.276 e. The molecular formula is C17H20N2O3S. The first kappa shape index (κ1) is 17.3. The summed E-state index contributed by atoms with van der Waals surface area (Å²) in [6.45, 7) is 2.60. The highest BCUT2D eigenvalue weighted by atomic mass is 32.1. The number of thiophene rings is 1. The van der Waals surface area contributed by atoms with Gasteiger partial charge in [-0.05, 0) is 30.9 Å². The van der Waals surface area contributed by atoms with Crippen LogP contribution in [0.4, 0.5) is 5.69 Å².